The molecule has 0 aromatic rings. The van der Waals surface area contributed by atoms with Crippen LogP contribution in [0.2, 0.25) is 0 Å². The number of aliphatic hydroxyl groups excluding tert-OH is 1. The van der Waals surface area contributed by atoms with Crippen molar-refractivity contribution in [3.05, 3.63) is 0 Å². The van der Waals surface area contributed by atoms with E-state index in [1.54, 1.807) is 0 Å². The number of amides is 1. The predicted molar refractivity (Wildman–Crippen MR) is 43.7 cm³/mol. The molecule has 0 spiro atoms. The van der Waals surface area contributed by atoms with Crippen LogP contribution < -0.4 is 5.32 Å². The molecular weight excluding hydrogens is 158 g/mol. The highest BCUT2D eigenvalue weighted by atomic mass is 16.5. The van der Waals surface area contributed by atoms with E-state index >= 15 is 0 Å². The molecule has 0 bridgehead atoms. The van der Waals surface area contributed by atoms with Gasteiger partial charge in [-0.2, -0.15) is 0 Å². The molecule has 1 heterocycles. The zero-order valence-electron chi connectivity index (χ0n) is 7.46. The van der Waals surface area contributed by atoms with Crippen LogP contribution in [0.3, 0.4) is 0 Å². The van der Waals surface area contributed by atoms with E-state index in [-0.39, 0.29) is 11.4 Å². The second kappa shape index (κ2) is 3.41. The van der Waals surface area contributed by atoms with Crippen LogP contribution in [0.1, 0.15) is 20.3 Å². The number of carbonyl (C=O) groups excluding carboxylic acids is 1. The maximum absolute atomic E-state index is 11.1. The topological polar surface area (TPSA) is 58.6 Å². The van der Waals surface area contributed by atoms with Crippen LogP contribution in [-0.4, -0.2) is 35.9 Å². The van der Waals surface area contributed by atoms with Gasteiger partial charge in [-0.05, 0) is 20.3 Å². The van der Waals surface area contributed by atoms with Gasteiger partial charge in [-0.1, -0.05) is 0 Å². The van der Waals surface area contributed by atoms with E-state index in [0.29, 0.717) is 13.2 Å². The van der Waals surface area contributed by atoms with Gasteiger partial charge in [0.15, 0.2) is 0 Å². The van der Waals surface area contributed by atoms with E-state index in [4.69, 9.17) is 9.84 Å². The van der Waals surface area contributed by atoms with Crippen molar-refractivity contribution in [1.82, 2.24) is 5.32 Å². The molecule has 1 aliphatic rings. The second-order valence-corrected chi connectivity index (χ2v) is 3.53. The molecule has 4 heteroatoms. The minimum atomic E-state index is -0.942. The summed E-state index contributed by atoms with van der Waals surface area (Å²) in [7, 11) is 0. The summed E-state index contributed by atoms with van der Waals surface area (Å²) in [6, 6.07) is 0. The first-order chi connectivity index (χ1) is 5.53. The van der Waals surface area contributed by atoms with Crippen molar-refractivity contribution >= 4 is 5.91 Å². The normalized spacial score (nSPS) is 31.6. The van der Waals surface area contributed by atoms with Gasteiger partial charge < -0.3 is 15.2 Å². The third-order valence-electron chi connectivity index (χ3n) is 2.02. The zero-order chi connectivity index (χ0) is 9.19. The lowest BCUT2D eigenvalue weighted by Gasteiger charge is -2.24. The number of carbonyl (C=O) groups is 1. The first-order valence-electron chi connectivity index (χ1n) is 4.11. The number of hydrogen-bond acceptors (Lipinski definition) is 3. The predicted octanol–water partition coefficient (Wildman–Crippen LogP) is -0.338. The van der Waals surface area contributed by atoms with E-state index in [2.05, 4.69) is 5.32 Å². The van der Waals surface area contributed by atoms with Crippen molar-refractivity contribution in [2.24, 2.45) is 0 Å². The fraction of sp³-hybridized carbons (Fsp3) is 0.875. The second-order valence-electron chi connectivity index (χ2n) is 3.53. The molecule has 1 saturated heterocycles. The van der Waals surface area contributed by atoms with Gasteiger partial charge in [-0.3, -0.25) is 4.79 Å². The van der Waals surface area contributed by atoms with Crippen LogP contribution in [0.5, 0.6) is 0 Å². The quantitative estimate of drug-likeness (QED) is 0.600. The maximum Gasteiger partial charge on any atom is 0.249 e. The Labute approximate surface area is 71.9 Å². The highest BCUT2D eigenvalue weighted by molar-refractivity contribution is 5.80. The van der Waals surface area contributed by atoms with E-state index in [0.717, 1.165) is 6.42 Å². The molecule has 70 valence electrons. The third kappa shape index (κ3) is 2.19. The fourth-order valence-electron chi connectivity index (χ4n) is 1.17. The van der Waals surface area contributed by atoms with Crippen LogP contribution in [0.25, 0.3) is 0 Å². The molecule has 2 N–H and O–H groups in total. The molecule has 1 amide bonds. The van der Waals surface area contributed by atoms with E-state index in [1.165, 1.54) is 6.92 Å². The number of aliphatic hydroxyl groups is 1. The largest absolute Gasteiger partial charge is 0.384 e. The van der Waals surface area contributed by atoms with E-state index in [1.807, 2.05) is 6.92 Å². The van der Waals surface area contributed by atoms with Crippen molar-refractivity contribution in [1.29, 1.82) is 0 Å². The lowest BCUT2D eigenvalue weighted by atomic mass is 10.0. The number of ether oxygens (including phenoxy) is 1. The van der Waals surface area contributed by atoms with Gasteiger partial charge in [-0.25, -0.2) is 0 Å². The lowest BCUT2D eigenvalue weighted by Crippen LogP contribution is -2.49. The van der Waals surface area contributed by atoms with Gasteiger partial charge in [0.2, 0.25) is 5.91 Å². The summed E-state index contributed by atoms with van der Waals surface area (Å²) >= 11 is 0. The zero-order valence-corrected chi connectivity index (χ0v) is 7.46. The van der Waals surface area contributed by atoms with Crippen LogP contribution in [-0.2, 0) is 9.53 Å². The lowest BCUT2D eigenvalue weighted by molar-refractivity contribution is -0.130. The van der Waals surface area contributed by atoms with Crippen LogP contribution in [0, 0.1) is 0 Å². The Morgan fingerprint density at radius 2 is 2.42 bits per heavy atom. The van der Waals surface area contributed by atoms with Gasteiger partial charge in [0.25, 0.3) is 0 Å². The van der Waals surface area contributed by atoms with Gasteiger partial charge in [0, 0.05) is 6.61 Å². The highest BCUT2D eigenvalue weighted by Gasteiger charge is 2.31. The summed E-state index contributed by atoms with van der Waals surface area (Å²) in [5.74, 6) is -0.331. The Kier molecular flexibility index (Phi) is 2.69. The summed E-state index contributed by atoms with van der Waals surface area (Å²) in [5, 5.41) is 11.7. The van der Waals surface area contributed by atoms with Crippen LogP contribution in [0.15, 0.2) is 0 Å². The van der Waals surface area contributed by atoms with Crippen molar-refractivity contribution in [3.63, 3.8) is 0 Å². The molecule has 0 aliphatic carbocycles. The molecule has 2 atom stereocenters. The van der Waals surface area contributed by atoms with Gasteiger partial charge in [0.05, 0.1) is 12.1 Å². The van der Waals surface area contributed by atoms with Crippen molar-refractivity contribution in [3.8, 4) is 0 Å². The average molecular weight is 173 g/mol. The van der Waals surface area contributed by atoms with Crippen molar-refractivity contribution in [2.75, 3.05) is 13.2 Å². The van der Waals surface area contributed by atoms with Gasteiger partial charge in [-0.15, -0.1) is 0 Å². The molecule has 1 aliphatic heterocycles. The minimum absolute atomic E-state index is 0.284. The molecular formula is C8H15NO3. The van der Waals surface area contributed by atoms with Crippen LogP contribution in [0.4, 0.5) is 0 Å². The summed E-state index contributed by atoms with van der Waals surface area (Å²) < 4.78 is 5.14. The number of hydrogen-bond donors (Lipinski definition) is 2. The first-order valence-corrected chi connectivity index (χ1v) is 4.11. The highest BCUT2D eigenvalue weighted by Crippen LogP contribution is 2.17. The fourth-order valence-corrected chi connectivity index (χ4v) is 1.17. The first kappa shape index (κ1) is 9.48. The Balaban J connectivity index is 2.44. The average Bonchev–Trinajstić information content (AvgIpc) is 2.35. The SMILES string of the molecule is C[C@@H](O)C(=O)NC1(C)CCOC1. The van der Waals surface area contributed by atoms with Gasteiger partial charge >= 0.3 is 0 Å². The molecule has 12 heavy (non-hydrogen) atoms. The molecule has 1 unspecified atom stereocenters. The number of nitrogens with one attached hydrogen (secondary N) is 1. The summed E-state index contributed by atoms with van der Waals surface area (Å²) in [6.45, 7) is 4.58. The van der Waals surface area contributed by atoms with E-state index in [9.17, 15) is 4.79 Å². The Morgan fingerprint density at radius 3 is 2.83 bits per heavy atom. The summed E-state index contributed by atoms with van der Waals surface area (Å²) in [4.78, 5) is 11.1. The molecule has 4 nitrogen and oxygen atoms in total. The third-order valence-corrected chi connectivity index (χ3v) is 2.02. The van der Waals surface area contributed by atoms with E-state index < -0.39 is 6.10 Å². The molecule has 1 fully saturated rings. The van der Waals surface area contributed by atoms with Crippen LogP contribution >= 0.6 is 0 Å². The standard InChI is InChI=1S/C8H15NO3/c1-6(10)7(11)9-8(2)3-4-12-5-8/h6,10H,3-5H2,1-2H3,(H,9,11)/t6-,8?/m1/s1. The molecule has 0 aromatic carbocycles. The Hall–Kier alpha value is -0.610. The Bertz CT molecular complexity index is 173. The maximum atomic E-state index is 11.1. The summed E-state index contributed by atoms with van der Waals surface area (Å²) in [5.41, 5.74) is -0.284. The van der Waals surface area contributed by atoms with Gasteiger partial charge in [0.1, 0.15) is 6.10 Å². The molecule has 1 rings (SSSR count). The molecule has 0 radical (unpaired) electrons. The Morgan fingerprint density at radius 1 is 1.75 bits per heavy atom. The minimum Gasteiger partial charge on any atom is -0.384 e. The smallest absolute Gasteiger partial charge is 0.249 e. The number of rotatable bonds is 2. The monoisotopic (exact) mass is 173 g/mol. The van der Waals surface area contributed by atoms with Crippen molar-refractivity contribution in [2.45, 2.75) is 31.9 Å². The van der Waals surface area contributed by atoms with Crippen molar-refractivity contribution < 1.29 is 14.6 Å². The molecule has 0 saturated carbocycles. The molecule has 0 aromatic heterocycles. The summed E-state index contributed by atoms with van der Waals surface area (Å²) in [6.07, 6.45) is -0.131.